The van der Waals surface area contributed by atoms with Crippen molar-refractivity contribution in [2.24, 2.45) is 0 Å². The molecular formula is C22H28N4O7S. The number of ether oxygens (including phenoxy) is 2. The van der Waals surface area contributed by atoms with Crippen molar-refractivity contribution in [2.45, 2.75) is 18.7 Å². The van der Waals surface area contributed by atoms with E-state index in [0.717, 1.165) is 0 Å². The van der Waals surface area contributed by atoms with E-state index < -0.39 is 21.8 Å². The number of furan rings is 1. The summed E-state index contributed by atoms with van der Waals surface area (Å²) in [6.45, 7) is 6.58. The van der Waals surface area contributed by atoms with Gasteiger partial charge in [-0.3, -0.25) is 20.4 Å². The Hall–Kier alpha value is -2.93. The Morgan fingerprint density at radius 2 is 1.44 bits per heavy atom. The van der Waals surface area contributed by atoms with Crippen LogP contribution in [0.2, 0.25) is 0 Å². The summed E-state index contributed by atoms with van der Waals surface area (Å²) in [7, 11) is -3.81. The molecule has 2 aromatic rings. The fourth-order valence-corrected chi connectivity index (χ4v) is 5.41. The first-order chi connectivity index (χ1) is 16.3. The molecule has 2 saturated heterocycles. The summed E-state index contributed by atoms with van der Waals surface area (Å²) < 4.78 is 43.7. The van der Waals surface area contributed by atoms with Crippen LogP contribution >= 0.6 is 0 Å². The van der Waals surface area contributed by atoms with Gasteiger partial charge in [-0.05, 0) is 38.1 Å². The molecule has 2 aliphatic rings. The first-order valence-electron chi connectivity index (χ1n) is 11.0. The highest BCUT2D eigenvalue weighted by Gasteiger charge is 2.29. The Morgan fingerprint density at radius 3 is 2.03 bits per heavy atom. The van der Waals surface area contributed by atoms with Crippen LogP contribution in [0, 0.1) is 13.8 Å². The number of carbonyl (C=O) groups excluding carboxylic acids is 2. The molecule has 2 fully saturated rings. The molecule has 0 bridgehead atoms. The lowest BCUT2D eigenvalue weighted by Crippen LogP contribution is -2.43. The van der Waals surface area contributed by atoms with E-state index >= 15 is 0 Å². The summed E-state index contributed by atoms with van der Waals surface area (Å²) in [5.41, 5.74) is 5.79. The topological polar surface area (TPSA) is 130 Å². The van der Waals surface area contributed by atoms with Crippen molar-refractivity contribution in [2.75, 3.05) is 57.5 Å². The van der Waals surface area contributed by atoms with Crippen LogP contribution in [0.1, 0.15) is 32.2 Å². The summed E-state index contributed by atoms with van der Waals surface area (Å²) in [5.74, 6) is -0.166. The van der Waals surface area contributed by atoms with E-state index in [1.807, 2.05) is 4.90 Å². The van der Waals surface area contributed by atoms with Crippen molar-refractivity contribution in [3.63, 3.8) is 0 Å². The van der Waals surface area contributed by atoms with Gasteiger partial charge in [-0.15, -0.1) is 0 Å². The molecule has 1 aromatic heterocycles. The van der Waals surface area contributed by atoms with Crippen LogP contribution in [0.5, 0.6) is 0 Å². The van der Waals surface area contributed by atoms with Crippen LogP contribution in [-0.2, 0) is 19.5 Å². The van der Waals surface area contributed by atoms with Gasteiger partial charge in [0.2, 0.25) is 10.0 Å². The van der Waals surface area contributed by atoms with E-state index in [2.05, 4.69) is 10.9 Å². The lowest BCUT2D eigenvalue weighted by molar-refractivity contribution is 0.0730. The monoisotopic (exact) mass is 492 g/mol. The second kappa shape index (κ2) is 10.1. The van der Waals surface area contributed by atoms with Crippen LogP contribution in [0.25, 0.3) is 0 Å². The number of benzene rings is 1. The van der Waals surface area contributed by atoms with Gasteiger partial charge in [-0.1, -0.05) is 0 Å². The molecular weight excluding hydrogens is 464 g/mol. The minimum absolute atomic E-state index is 0.00388. The third-order valence-electron chi connectivity index (χ3n) is 5.75. The van der Waals surface area contributed by atoms with Crippen molar-refractivity contribution in [1.29, 1.82) is 0 Å². The molecule has 184 valence electrons. The summed E-state index contributed by atoms with van der Waals surface area (Å²) in [6, 6.07) is 6.05. The molecule has 1 aromatic carbocycles. The Bertz CT molecular complexity index is 1170. The van der Waals surface area contributed by atoms with Gasteiger partial charge in [0, 0.05) is 31.9 Å². The summed E-state index contributed by atoms with van der Waals surface area (Å²) in [4.78, 5) is 27.6. The first-order valence-corrected chi connectivity index (χ1v) is 12.4. The second-order valence-corrected chi connectivity index (χ2v) is 9.97. The maximum Gasteiger partial charge on any atom is 0.273 e. The fraction of sp³-hybridized carbons (Fsp3) is 0.455. The number of nitrogens with zero attached hydrogens (tertiary/aromatic N) is 2. The molecule has 34 heavy (non-hydrogen) atoms. The number of amides is 2. The third-order valence-corrected chi connectivity index (χ3v) is 7.64. The number of sulfonamides is 1. The Kier molecular flexibility index (Phi) is 7.22. The molecule has 0 unspecified atom stereocenters. The van der Waals surface area contributed by atoms with Crippen molar-refractivity contribution >= 4 is 27.5 Å². The number of carbonyl (C=O) groups is 2. The largest absolute Gasteiger partial charge is 0.466 e. The molecule has 0 spiro atoms. The normalized spacial score (nSPS) is 17.4. The standard InChI is InChI=1S/C22H28N4O7S/c1-15-13-18(16(2)33-15)21(27)23-24-22(28)19-14-17(34(29,30)26-7-11-32-12-8-26)3-4-20(19)25-5-9-31-10-6-25/h3-4,13-14H,5-12H2,1-2H3,(H,23,27)(H,24,28). The van der Waals surface area contributed by atoms with Gasteiger partial charge in [0.15, 0.2) is 0 Å². The van der Waals surface area contributed by atoms with E-state index in [1.165, 1.54) is 16.4 Å². The Balaban J connectivity index is 1.60. The predicted octanol–water partition coefficient (Wildman–Crippen LogP) is 0.829. The number of hydrogen-bond acceptors (Lipinski definition) is 8. The van der Waals surface area contributed by atoms with E-state index in [-0.39, 0.29) is 23.5 Å². The highest BCUT2D eigenvalue weighted by molar-refractivity contribution is 7.89. The van der Waals surface area contributed by atoms with E-state index in [0.29, 0.717) is 62.3 Å². The maximum atomic E-state index is 13.2. The van der Waals surface area contributed by atoms with Gasteiger partial charge in [0.05, 0.1) is 42.4 Å². The zero-order chi connectivity index (χ0) is 24.3. The summed E-state index contributed by atoms with van der Waals surface area (Å²) in [6.07, 6.45) is 0. The highest BCUT2D eigenvalue weighted by Crippen LogP contribution is 2.27. The molecule has 0 saturated carbocycles. The molecule has 4 rings (SSSR count). The van der Waals surface area contributed by atoms with Crippen LogP contribution in [-0.4, -0.2) is 77.1 Å². The molecule has 2 aliphatic heterocycles. The average molecular weight is 493 g/mol. The molecule has 3 heterocycles. The Morgan fingerprint density at radius 1 is 0.853 bits per heavy atom. The maximum absolute atomic E-state index is 13.2. The minimum atomic E-state index is -3.81. The lowest BCUT2D eigenvalue weighted by Gasteiger charge is -2.31. The van der Waals surface area contributed by atoms with Gasteiger partial charge >= 0.3 is 0 Å². The van der Waals surface area contributed by atoms with Gasteiger partial charge in [-0.2, -0.15) is 4.31 Å². The lowest BCUT2D eigenvalue weighted by atomic mass is 10.1. The van der Waals surface area contributed by atoms with Gasteiger partial charge < -0.3 is 18.8 Å². The second-order valence-electron chi connectivity index (χ2n) is 8.03. The van der Waals surface area contributed by atoms with Crippen LogP contribution in [0.15, 0.2) is 33.6 Å². The molecule has 0 aliphatic carbocycles. The number of nitrogens with one attached hydrogen (secondary N) is 2. The SMILES string of the molecule is Cc1cc(C(=O)NNC(=O)c2cc(S(=O)(=O)N3CCOCC3)ccc2N2CCOCC2)c(C)o1. The number of hydrazine groups is 1. The van der Waals surface area contributed by atoms with E-state index in [4.69, 9.17) is 13.9 Å². The predicted molar refractivity (Wildman–Crippen MR) is 122 cm³/mol. The number of anilines is 1. The molecule has 0 atom stereocenters. The van der Waals surface area contributed by atoms with Gasteiger partial charge in [0.1, 0.15) is 11.5 Å². The quantitative estimate of drug-likeness (QED) is 0.587. The zero-order valence-corrected chi connectivity index (χ0v) is 19.9. The van der Waals surface area contributed by atoms with Crippen molar-refractivity contribution in [3.8, 4) is 0 Å². The molecule has 11 nitrogen and oxygen atoms in total. The third kappa shape index (κ3) is 5.09. The number of morpholine rings is 2. The smallest absolute Gasteiger partial charge is 0.273 e. The highest BCUT2D eigenvalue weighted by atomic mass is 32.2. The minimum Gasteiger partial charge on any atom is -0.466 e. The molecule has 12 heteroatoms. The van der Waals surface area contributed by atoms with E-state index in [1.54, 1.807) is 26.0 Å². The number of aryl methyl sites for hydroxylation is 2. The summed E-state index contributed by atoms with van der Waals surface area (Å²) in [5, 5.41) is 0. The van der Waals surface area contributed by atoms with Gasteiger partial charge in [0.25, 0.3) is 11.8 Å². The fourth-order valence-electron chi connectivity index (χ4n) is 3.98. The number of rotatable bonds is 5. The van der Waals surface area contributed by atoms with Gasteiger partial charge in [-0.25, -0.2) is 8.42 Å². The molecule has 2 N–H and O–H groups in total. The van der Waals surface area contributed by atoms with Crippen molar-refractivity contribution < 1.29 is 31.9 Å². The Labute approximate surface area is 198 Å². The molecule has 0 radical (unpaired) electrons. The molecule has 2 amide bonds. The average Bonchev–Trinajstić information content (AvgIpc) is 3.20. The first kappa shape index (κ1) is 24.2. The zero-order valence-electron chi connectivity index (χ0n) is 19.1. The summed E-state index contributed by atoms with van der Waals surface area (Å²) >= 11 is 0. The number of hydrogen-bond donors (Lipinski definition) is 2. The van der Waals surface area contributed by atoms with Crippen LogP contribution in [0.4, 0.5) is 5.69 Å². The van der Waals surface area contributed by atoms with Crippen LogP contribution < -0.4 is 15.8 Å². The van der Waals surface area contributed by atoms with Crippen LogP contribution in [0.3, 0.4) is 0 Å². The van der Waals surface area contributed by atoms with Crippen molar-refractivity contribution in [3.05, 3.63) is 46.9 Å². The van der Waals surface area contributed by atoms with Crippen molar-refractivity contribution in [1.82, 2.24) is 15.2 Å². The van der Waals surface area contributed by atoms with E-state index in [9.17, 15) is 18.0 Å².